The topological polar surface area (TPSA) is 46.8 Å². The minimum absolute atomic E-state index is 0.183. The summed E-state index contributed by atoms with van der Waals surface area (Å²) < 4.78 is 20.7. The quantitative estimate of drug-likeness (QED) is 0.685. The Labute approximate surface area is 169 Å². The van der Waals surface area contributed by atoms with Gasteiger partial charge in [0.05, 0.1) is 24.3 Å². The number of hydrogen-bond donors (Lipinski definition) is 0. The minimum Gasteiger partial charge on any atom is -0.379 e. The fraction of sp³-hybridized carbons (Fsp3) is 0.391. The molecular formula is C23H24FN3O2. The van der Waals surface area contributed by atoms with Crippen LogP contribution < -0.4 is 0 Å². The highest BCUT2D eigenvalue weighted by Crippen LogP contribution is 2.42. The van der Waals surface area contributed by atoms with Gasteiger partial charge in [0.15, 0.2) is 0 Å². The van der Waals surface area contributed by atoms with Crippen LogP contribution in [0.5, 0.6) is 0 Å². The van der Waals surface area contributed by atoms with Crippen molar-refractivity contribution < 1.29 is 13.9 Å². The van der Waals surface area contributed by atoms with Crippen molar-refractivity contribution in [2.24, 2.45) is 5.41 Å². The van der Waals surface area contributed by atoms with E-state index >= 15 is 0 Å². The fourth-order valence-electron chi connectivity index (χ4n) is 4.65. The van der Waals surface area contributed by atoms with Gasteiger partial charge in [-0.05, 0) is 37.5 Å². The molecule has 0 unspecified atom stereocenters. The molecule has 0 saturated carbocycles. The Hall–Kier alpha value is -2.73. The molecule has 3 aromatic rings. The molecule has 0 radical (unpaired) electrons. The van der Waals surface area contributed by atoms with E-state index in [1.165, 1.54) is 17.8 Å². The van der Waals surface area contributed by atoms with Crippen LogP contribution in [0.25, 0.3) is 5.65 Å². The van der Waals surface area contributed by atoms with Gasteiger partial charge in [0, 0.05) is 30.9 Å². The first-order valence-electron chi connectivity index (χ1n) is 10.1. The Balaban J connectivity index is 1.50. The number of likely N-dealkylation sites (tertiary alicyclic amines) is 1. The molecule has 0 spiro atoms. The molecule has 2 aromatic heterocycles. The molecule has 5 nitrogen and oxygen atoms in total. The standard InChI is InChI=1S/C23H24FN3O2/c1-22(15-29-16-22)21(28)26-11-9-23(10-12-26,17-5-3-2-4-6-17)19-14-27-13-18(24)7-8-20(27)25-19/h2-8,13-14H,9-12,15-16H2,1H3. The van der Waals surface area contributed by atoms with E-state index in [2.05, 4.69) is 12.1 Å². The third kappa shape index (κ3) is 2.94. The molecule has 2 aliphatic heterocycles. The molecule has 150 valence electrons. The fourth-order valence-corrected chi connectivity index (χ4v) is 4.65. The monoisotopic (exact) mass is 393 g/mol. The van der Waals surface area contributed by atoms with Crippen LogP contribution >= 0.6 is 0 Å². The summed E-state index contributed by atoms with van der Waals surface area (Å²) in [5, 5.41) is 0. The Kier molecular flexibility index (Phi) is 4.21. The summed E-state index contributed by atoms with van der Waals surface area (Å²) in [6.45, 7) is 4.33. The van der Waals surface area contributed by atoms with Crippen molar-refractivity contribution in [3.05, 3.63) is 71.9 Å². The smallest absolute Gasteiger partial charge is 0.233 e. The number of piperidine rings is 1. The van der Waals surface area contributed by atoms with Gasteiger partial charge in [-0.15, -0.1) is 0 Å². The highest BCUT2D eigenvalue weighted by Gasteiger charge is 2.47. The number of aromatic nitrogens is 2. The summed E-state index contributed by atoms with van der Waals surface area (Å²) in [4.78, 5) is 19.8. The lowest BCUT2D eigenvalue weighted by Crippen LogP contribution is -2.56. The van der Waals surface area contributed by atoms with Gasteiger partial charge in [0.1, 0.15) is 11.5 Å². The predicted octanol–water partition coefficient (Wildman–Crippen LogP) is 3.42. The van der Waals surface area contributed by atoms with Crippen LogP contribution in [-0.2, 0) is 14.9 Å². The van der Waals surface area contributed by atoms with Gasteiger partial charge >= 0.3 is 0 Å². The molecule has 0 atom stereocenters. The lowest BCUT2D eigenvalue weighted by molar-refractivity contribution is -0.170. The van der Waals surface area contributed by atoms with Crippen molar-refractivity contribution in [2.45, 2.75) is 25.2 Å². The number of nitrogens with zero attached hydrogens (tertiary/aromatic N) is 3. The number of amides is 1. The zero-order chi connectivity index (χ0) is 20.1. The lowest BCUT2D eigenvalue weighted by Gasteiger charge is -2.46. The number of imidazole rings is 1. The zero-order valence-electron chi connectivity index (χ0n) is 16.5. The molecule has 4 heterocycles. The Morgan fingerprint density at radius 1 is 1.07 bits per heavy atom. The third-order valence-electron chi connectivity index (χ3n) is 6.49. The van der Waals surface area contributed by atoms with Crippen LogP contribution in [-0.4, -0.2) is 46.5 Å². The molecule has 6 heteroatoms. The Morgan fingerprint density at radius 2 is 1.79 bits per heavy atom. The molecular weight excluding hydrogens is 369 g/mol. The van der Waals surface area contributed by atoms with Crippen molar-refractivity contribution in [3.63, 3.8) is 0 Å². The number of rotatable bonds is 3. The van der Waals surface area contributed by atoms with Crippen molar-refractivity contribution in [1.82, 2.24) is 14.3 Å². The van der Waals surface area contributed by atoms with E-state index in [1.54, 1.807) is 10.5 Å². The van der Waals surface area contributed by atoms with Gasteiger partial charge in [-0.25, -0.2) is 9.37 Å². The number of carbonyl (C=O) groups excluding carboxylic acids is 1. The maximum atomic E-state index is 13.7. The number of fused-ring (bicyclic) bond motifs is 1. The van der Waals surface area contributed by atoms with Gasteiger partial charge in [-0.3, -0.25) is 4.79 Å². The normalized spacial score (nSPS) is 20.4. The van der Waals surface area contributed by atoms with E-state index < -0.39 is 0 Å². The third-order valence-corrected chi connectivity index (χ3v) is 6.49. The highest BCUT2D eigenvalue weighted by atomic mass is 19.1. The second-order valence-electron chi connectivity index (χ2n) is 8.53. The summed E-state index contributed by atoms with van der Waals surface area (Å²) in [5.74, 6) is -0.103. The molecule has 0 aliphatic carbocycles. The average molecular weight is 393 g/mol. The van der Waals surface area contributed by atoms with Crippen LogP contribution in [0.2, 0.25) is 0 Å². The molecule has 2 aliphatic rings. The second-order valence-corrected chi connectivity index (χ2v) is 8.53. The summed E-state index contributed by atoms with van der Waals surface area (Å²) >= 11 is 0. The summed E-state index contributed by atoms with van der Waals surface area (Å²) in [7, 11) is 0. The zero-order valence-corrected chi connectivity index (χ0v) is 16.5. The SMILES string of the molecule is CC1(C(=O)N2CCC(c3ccccc3)(c3cn4cc(F)ccc4n3)CC2)COC1. The van der Waals surface area contributed by atoms with Gasteiger partial charge in [0.25, 0.3) is 0 Å². The van der Waals surface area contributed by atoms with E-state index in [0.29, 0.717) is 26.3 Å². The maximum Gasteiger partial charge on any atom is 0.233 e. The van der Waals surface area contributed by atoms with Crippen molar-refractivity contribution in [2.75, 3.05) is 26.3 Å². The van der Waals surface area contributed by atoms with Crippen molar-refractivity contribution >= 4 is 11.6 Å². The second kappa shape index (κ2) is 6.66. The first kappa shape index (κ1) is 18.3. The van der Waals surface area contributed by atoms with Gasteiger partial charge in [-0.1, -0.05) is 30.3 Å². The number of pyridine rings is 1. The van der Waals surface area contributed by atoms with Gasteiger partial charge in [-0.2, -0.15) is 0 Å². The van der Waals surface area contributed by atoms with E-state index in [1.807, 2.05) is 36.2 Å². The molecule has 2 fully saturated rings. The number of ether oxygens (including phenoxy) is 1. The number of halogens is 1. The van der Waals surface area contributed by atoms with E-state index in [9.17, 15) is 9.18 Å². The number of benzene rings is 1. The molecule has 29 heavy (non-hydrogen) atoms. The largest absolute Gasteiger partial charge is 0.379 e. The molecule has 0 bridgehead atoms. The summed E-state index contributed by atoms with van der Waals surface area (Å²) in [6.07, 6.45) is 4.96. The van der Waals surface area contributed by atoms with Crippen LogP contribution in [0.4, 0.5) is 4.39 Å². The Bertz CT molecular complexity index is 1050. The van der Waals surface area contributed by atoms with E-state index in [0.717, 1.165) is 24.2 Å². The molecule has 2 saturated heterocycles. The van der Waals surface area contributed by atoms with Crippen LogP contribution in [0.15, 0.2) is 54.9 Å². The van der Waals surface area contributed by atoms with Crippen LogP contribution in [0.1, 0.15) is 31.0 Å². The molecule has 5 rings (SSSR count). The predicted molar refractivity (Wildman–Crippen MR) is 107 cm³/mol. The number of carbonyl (C=O) groups is 1. The maximum absolute atomic E-state index is 13.7. The first-order chi connectivity index (χ1) is 14.0. The van der Waals surface area contributed by atoms with Crippen molar-refractivity contribution in [3.8, 4) is 0 Å². The van der Waals surface area contributed by atoms with Crippen LogP contribution in [0, 0.1) is 11.2 Å². The number of hydrogen-bond acceptors (Lipinski definition) is 3. The minimum atomic E-state index is -0.382. The average Bonchev–Trinajstić information content (AvgIpc) is 3.16. The van der Waals surface area contributed by atoms with E-state index in [4.69, 9.17) is 9.72 Å². The summed E-state index contributed by atoms with van der Waals surface area (Å²) in [6, 6.07) is 13.5. The first-order valence-corrected chi connectivity index (χ1v) is 10.1. The summed E-state index contributed by atoms with van der Waals surface area (Å²) in [5.41, 5.74) is 2.17. The van der Waals surface area contributed by atoms with Crippen molar-refractivity contribution in [1.29, 1.82) is 0 Å². The molecule has 1 aromatic carbocycles. The van der Waals surface area contributed by atoms with Gasteiger partial charge in [0.2, 0.25) is 5.91 Å². The lowest BCUT2D eigenvalue weighted by atomic mass is 9.70. The molecule has 1 amide bonds. The highest BCUT2D eigenvalue weighted by molar-refractivity contribution is 5.83. The van der Waals surface area contributed by atoms with Gasteiger partial charge < -0.3 is 14.0 Å². The van der Waals surface area contributed by atoms with E-state index in [-0.39, 0.29) is 22.6 Å². The van der Waals surface area contributed by atoms with Crippen LogP contribution in [0.3, 0.4) is 0 Å². The molecule has 0 N–H and O–H groups in total. The Morgan fingerprint density at radius 3 is 2.45 bits per heavy atom.